The number of amides is 3. The first-order valence-corrected chi connectivity index (χ1v) is 6.54. The number of anilines is 1. The molecule has 104 valence electrons. The van der Waals surface area contributed by atoms with E-state index in [4.69, 9.17) is 16.7 Å². The van der Waals surface area contributed by atoms with Gasteiger partial charge < -0.3 is 10.4 Å². The summed E-state index contributed by atoms with van der Waals surface area (Å²) in [6.07, 6.45) is -0.870. The van der Waals surface area contributed by atoms with Crippen LogP contribution in [-0.4, -0.2) is 23.1 Å². The van der Waals surface area contributed by atoms with Crippen LogP contribution < -0.4 is 16.2 Å². The fraction of sp³-hybridized carbons (Fsp3) is 0.273. The van der Waals surface area contributed by atoms with Crippen LogP contribution in [-0.2, 0) is 4.79 Å². The van der Waals surface area contributed by atoms with Crippen molar-refractivity contribution in [3.05, 3.63) is 27.7 Å². The van der Waals surface area contributed by atoms with Gasteiger partial charge in [-0.3, -0.25) is 10.2 Å². The van der Waals surface area contributed by atoms with Crippen molar-refractivity contribution in [1.82, 2.24) is 10.9 Å². The highest BCUT2D eigenvalue weighted by Crippen LogP contribution is 2.25. The summed E-state index contributed by atoms with van der Waals surface area (Å²) in [6, 6.07) is 4.32. The van der Waals surface area contributed by atoms with E-state index in [2.05, 4.69) is 32.1 Å². The van der Waals surface area contributed by atoms with Gasteiger partial charge >= 0.3 is 6.03 Å². The van der Waals surface area contributed by atoms with Crippen LogP contribution in [0.2, 0.25) is 5.02 Å². The number of urea groups is 1. The molecule has 3 amide bonds. The number of hydrazine groups is 1. The number of halogens is 2. The van der Waals surface area contributed by atoms with Crippen molar-refractivity contribution in [3.63, 3.8) is 0 Å². The van der Waals surface area contributed by atoms with E-state index >= 15 is 0 Å². The Morgan fingerprint density at radius 1 is 1.42 bits per heavy atom. The maximum atomic E-state index is 11.5. The third kappa shape index (κ3) is 5.91. The van der Waals surface area contributed by atoms with E-state index in [9.17, 15) is 9.59 Å². The van der Waals surface area contributed by atoms with E-state index in [1.807, 2.05) is 0 Å². The summed E-state index contributed by atoms with van der Waals surface area (Å²) < 4.78 is 0.786. The topological polar surface area (TPSA) is 90.5 Å². The lowest BCUT2D eigenvalue weighted by Gasteiger charge is -2.10. The normalized spacial score (nSPS) is 11.6. The Hall–Kier alpha value is -1.31. The van der Waals surface area contributed by atoms with Crippen molar-refractivity contribution in [3.8, 4) is 0 Å². The number of hydrogen-bond donors (Lipinski definition) is 4. The number of nitrogens with one attached hydrogen (secondary N) is 3. The summed E-state index contributed by atoms with van der Waals surface area (Å²) in [5.41, 5.74) is 4.71. The van der Waals surface area contributed by atoms with Crippen molar-refractivity contribution >= 4 is 45.2 Å². The predicted molar refractivity (Wildman–Crippen MR) is 75.7 cm³/mol. The highest BCUT2D eigenvalue weighted by atomic mass is 79.9. The van der Waals surface area contributed by atoms with E-state index < -0.39 is 18.0 Å². The summed E-state index contributed by atoms with van der Waals surface area (Å²) in [7, 11) is 0. The number of rotatable bonds is 3. The first-order chi connectivity index (χ1) is 8.88. The Labute approximate surface area is 123 Å². The van der Waals surface area contributed by atoms with E-state index in [-0.39, 0.29) is 6.42 Å². The molecule has 0 bridgehead atoms. The average Bonchev–Trinajstić information content (AvgIpc) is 2.29. The summed E-state index contributed by atoms with van der Waals surface area (Å²) in [4.78, 5) is 22.6. The zero-order chi connectivity index (χ0) is 14.4. The van der Waals surface area contributed by atoms with Crippen molar-refractivity contribution in [2.75, 3.05) is 5.32 Å². The van der Waals surface area contributed by atoms with Gasteiger partial charge in [0.1, 0.15) is 0 Å². The number of aliphatic hydroxyl groups excluding tert-OH is 1. The van der Waals surface area contributed by atoms with Gasteiger partial charge in [0.25, 0.3) is 0 Å². The van der Waals surface area contributed by atoms with Gasteiger partial charge in [-0.25, -0.2) is 10.2 Å². The maximum absolute atomic E-state index is 11.5. The van der Waals surface area contributed by atoms with E-state index in [1.54, 1.807) is 18.2 Å². The molecule has 0 aliphatic heterocycles. The van der Waals surface area contributed by atoms with Gasteiger partial charge in [-0.05, 0) is 25.1 Å². The molecule has 0 radical (unpaired) electrons. The molecule has 19 heavy (non-hydrogen) atoms. The van der Waals surface area contributed by atoms with Gasteiger partial charge in [-0.15, -0.1) is 0 Å². The molecular weight excluding hydrogens is 337 g/mol. The van der Waals surface area contributed by atoms with Crippen molar-refractivity contribution < 1.29 is 14.7 Å². The summed E-state index contributed by atoms with van der Waals surface area (Å²) in [5.74, 6) is -0.493. The summed E-state index contributed by atoms with van der Waals surface area (Å²) >= 11 is 9.15. The van der Waals surface area contributed by atoms with E-state index in [0.717, 1.165) is 4.47 Å². The molecule has 0 fully saturated rings. The molecule has 0 aromatic heterocycles. The minimum absolute atomic E-state index is 0.0979. The SMILES string of the molecule is CC(O)CC(=O)NNC(=O)Nc1ccc(Br)cc1Cl. The fourth-order valence-corrected chi connectivity index (χ4v) is 1.91. The van der Waals surface area contributed by atoms with Gasteiger partial charge in [-0.1, -0.05) is 27.5 Å². The van der Waals surface area contributed by atoms with Crippen molar-refractivity contribution in [1.29, 1.82) is 0 Å². The molecule has 0 spiro atoms. The average molecular weight is 351 g/mol. The van der Waals surface area contributed by atoms with Crippen LogP contribution in [0.1, 0.15) is 13.3 Å². The minimum Gasteiger partial charge on any atom is -0.393 e. The molecule has 1 rings (SSSR count). The molecule has 0 aliphatic rings. The minimum atomic E-state index is -0.772. The number of carbonyl (C=O) groups is 2. The standard InChI is InChI=1S/C11H13BrClN3O3/c1-6(17)4-10(18)15-16-11(19)14-9-3-2-7(12)5-8(9)13/h2-3,5-6,17H,4H2,1H3,(H,15,18)(H2,14,16,19). The molecule has 8 heteroatoms. The van der Waals surface area contributed by atoms with Gasteiger partial charge in [0, 0.05) is 4.47 Å². The summed E-state index contributed by atoms with van der Waals surface area (Å²) in [6.45, 7) is 1.47. The molecule has 0 heterocycles. The monoisotopic (exact) mass is 349 g/mol. The molecule has 0 saturated carbocycles. The molecule has 1 atom stereocenters. The zero-order valence-corrected chi connectivity index (χ0v) is 12.4. The largest absolute Gasteiger partial charge is 0.393 e. The first kappa shape index (κ1) is 15.7. The maximum Gasteiger partial charge on any atom is 0.337 e. The Morgan fingerprint density at radius 3 is 2.68 bits per heavy atom. The zero-order valence-electron chi connectivity index (χ0n) is 10.0. The smallest absolute Gasteiger partial charge is 0.337 e. The highest BCUT2D eigenvalue weighted by Gasteiger charge is 2.09. The molecule has 0 saturated heterocycles. The van der Waals surface area contributed by atoms with Gasteiger partial charge in [0.15, 0.2) is 0 Å². The molecule has 1 unspecified atom stereocenters. The number of aliphatic hydroxyl groups is 1. The first-order valence-electron chi connectivity index (χ1n) is 5.37. The predicted octanol–water partition coefficient (Wildman–Crippen LogP) is 2.03. The number of carbonyl (C=O) groups excluding carboxylic acids is 2. The lowest BCUT2D eigenvalue weighted by molar-refractivity contribution is -0.123. The van der Waals surface area contributed by atoms with Crippen LogP contribution in [0.4, 0.5) is 10.5 Å². The summed E-state index contributed by atoms with van der Waals surface area (Å²) in [5, 5.41) is 11.8. The van der Waals surface area contributed by atoms with Crippen LogP contribution >= 0.6 is 27.5 Å². The van der Waals surface area contributed by atoms with Gasteiger partial charge in [0.2, 0.25) is 5.91 Å². The quantitative estimate of drug-likeness (QED) is 0.629. The Balaban J connectivity index is 2.45. The third-order valence-electron chi connectivity index (χ3n) is 1.98. The van der Waals surface area contributed by atoms with Crippen LogP contribution in [0.15, 0.2) is 22.7 Å². The van der Waals surface area contributed by atoms with Crippen LogP contribution in [0.5, 0.6) is 0 Å². The van der Waals surface area contributed by atoms with Crippen LogP contribution in [0.3, 0.4) is 0 Å². The fourth-order valence-electron chi connectivity index (χ4n) is 1.19. The second kappa shape index (κ2) is 7.32. The highest BCUT2D eigenvalue weighted by molar-refractivity contribution is 9.10. The molecule has 0 aliphatic carbocycles. The second-order valence-electron chi connectivity index (χ2n) is 3.80. The number of benzene rings is 1. The number of hydrogen-bond acceptors (Lipinski definition) is 3. The third-order valence-corrected chi connectivity index (χ3v) is 2.78. The van der Waals surface area contributed by atoms with Crippen LogP contribution in [0.25, 0.3) is 0 Å². The Bertz CT molecular complexity index is 482. The second-order valence-corrected chi connectivity index (χ2v) is 5.13. The molecule has 6 nitrogen and oxygen atoms in total. The molecule has 4 N–H and O–H groups in total. The lowest BCUT2D eigenvalue weighted by atomic mass is 10.3. The molecule has 1 aromatic carbocycles. The molecule has 1 aromatic rings. The van der Waals surface area contributed by atoms with Gasteiger partial charge in [0.05, 0.1) is 23.2 Å². The molecular formula is C11H13BrClN3O3. The van der Waals surface area contributed by atoms with E-state index in [0.29, 0.717) is 10.7 Å². The lowest BCUT2D eigenvalue weighted by Crippen LogP contribution is -2.44. The van der Waals surface area contributed by atoms with E-state index in [1.165, 1.54) is 6.92 Å². The Kier molecular flexibility index (Phi) is 6.07. The van der Waals surface area contributed by atoms with Crippen molar-refractivity contribution in [2.45, 2.75) is 19.4 Å². The van der Waals surface area contributed by atoms with Gasteiger partial charge in [-0.2, -0.15) is 0 Å². The van der Waals surface area contributed by atoms with Crippen molar-refractivity contribution in [2.24, 2.45) is 0 Å². The Morgan fingerprint density at radius 2 is 2.11 bits per heavy atom. The van der Waals surface area contributed by atoms with Crippen LogP contribution in [0, 0.1) is 0 Å².